The normalized spacial score (nSPS) is 16.7. The van der Waals surface area contributed by atoms with Crippen molar-refractivity contribution in [1.29, 1.82) is 0 Å². The number of hydrogen-bond acceptors (Lipinski definition) is 4. The number of rotatable bonds is 12. The highest BCUT2D eigenvalue weighted by Crippen LogP contribution is 2.47. The maximum atomic E-state index is 15.1. The maximum Gasteiger partial charge on any atom is 0.306 e. The van der Waals surface area contributed by atoms with Crippen molar-refractivity contribution in [3.05, 3.63) is 89.2 Å². The highest BCUT2D eigenvalue weighted by Gasteiger charge is 2.31. The van der Waals surface area contributed by atoms with Crippen LogP contribution in [-0.4, -0.2) is 19.7 Å². The maximum absolute atomic E-state index is 15.1. The summed E-state index contributed by atoms with van der Waals surface area (Å²) in [6, 6.07) is 19.2. The lowest BCUT2D eigenvalue weighted by Crippen LogP contribution is -2.11. The van der Waals surface area contributed by atoms with Crippen molar-refractivity contribution in [2.75, 3.05) is 13.7 Å². The van der Waals surface area contributed by atoms with Gasteiger partial charge in [-0.15, -0.1) is 0 Å². The van der Waals surface area contributed by atoms with E-state index >= 15 is 4.39 Å². The molecule has 216 valence electrons. The van der Waals surface area contributed by atoms with Crippen LogP contribution in [0, 0.1) is 17.2 Å². The van der Waals surface area contributed by atoms with E-state index in [1.54, 1.807) is 19.2 Å². The number of ether oxygens (including phenoxy) is 3. The molecular formula is C36H41FO4. The van der Waals surface area contributed by atoms with Gasteiger partial charge in [-0.05, 0) is 108 Å². The standard InChI is InChI=1S/C36H41FO4/c1-5-40-35(38)21-27(18-24-11-12-24)26-8-6-9-29(20-26)41-23-25-13-15-30(32-22-28(39-4)14-16-34(32)37)31(19-25)33-10-7-17-36(33,2)3/h6,8-10,13-16,19-20,22,24,27H,5,7,11-12,17-18,21,23H2,1-4H3. The van der Waals surface area contributed by atoms with Crippen LogP contribution in [0.3, 0.4) is 0 Å². The van der Waals surface area contributed by atoms with Crippen molar-refractivity contribution in [2.45, 2.75) is 71.8 Å². The van der Waals surface area contributed by atoms with Crippen molar-refractivity contribution >= 4 is 11.5 Å². The van der Waals surface area contributed by atoms with E-state index in [1.165, 1.54) is 24.5 Å². The lowest BCUT2D eigenvalue weighted by Gasteiger charge is -2.25. The van der Waals surface area contributed by atoms with Gasteiger partial charge in [-0.25, -0.2) is 4.39 Å². The number of halogens is 1. The summed E-state index contributed by atoms with van der Waals surface area (Å²) in [6.45, 7) is 7.13. The van der Waals surface area contributed by atoms with Crippen LogP contribution < -0.4 is 9.47 Å². The first-order valence-corrected chi connectivity index (χ1v) is 14.8. The molecule has 0 bridgehead atoms. The molecule has 2 aliphatic carbocycles. The van der Waals surface area contributed by atoms with Gasteiger partial charge in [0.2, 0.25) is 0 Å². The van der Waals surface area contributed by atoms with Gasteiger partial charge in [0.15, 0.2) is 0 Å². The van der Waals surface area contributed by atoms with E-state index in [0.29, 0.717) is 36.9 Å². The van der Waals surface area contributed by atoms with E-state index in [4.69, 9.17) is 14.2 Å². The van der Waals surface area contributed by atoms with Crippen LogP contribution in [0.2, 0.25) is 0 Å². The van der Waals surface area contributed by atoms with Crippen LogP contribution in [0.4, 0.5) is 4.39 Å². The molecule has 0 aromatic heterocycles. The van der Waals surface area contributed by atoms with Crippen LogP contribution in [0.15, 0.2) is 66.7 Å². The molecule has 2 aliphatic rings. The quantitative estimate of drug-likeness (QED) is 0.209. The predicted octanol–water partition coefficient (Wildman–Crippen LogP) is 9.12. The Morgan fingerprint density at radius 1 is 1.00 bits per heavy atom. The summed E-state index contributed by atoms with van der Waals surface area (Å²) in [6.07, 6.45) is 8.21. The number of allylic oxidation sites excluding steroid dienone is 2. The van der Waals surface area contributed by atoms with Crippen LogP contribution in [0.5, 0.6) is 11.5 Å². The van der Waals surface area contributed by atoms with E-state index in [0.717, 1.165) is 47.3 Å². The molecule has 1 atom stereocenters. The fourth-order valence-corrected chi connectivity index (χ4v) is 5.98. The summed E-state index contributed by atoms with van der Waals surface area (Å²) in [5.74, 6) is 1.81. The first-order chi connectivity index (χ1) is 19.8. The van der Waals surface area contributed by atoms with Gasteiger partial charge in [-0.2, -0.15) is 0 Å². The van der Waals surface area contributed by atoms with Gasteiger partial charge >= 0.3 is 5.97 Å². The fraction of sp³-hybridized carbons (Fsp3) is 0.417. The highest BCUT2D eigenvalue weighted by molar-refractivity contribution is 5.85. The molecule has 1 fully saturated rings. The molecule has 1 saturated carbocycles. The number of benzene rings is 3. The Balaban J connectivity index is 1.40. The first kappa shape index (κ1) is 28.9. The molecule has 5 rings (SSSR count). The SMILES string of the molecule is CCOC(=O)CC(CC1CC1)c1cccc(OCc2ccc(-c3cc(OC)ccc3F)c(C3=CCCC3(C)C)c2)c1. The average molecular weight is 557 g/mol. The van der Waals surface area contributed by atoms with Gasteiger partial charge in [0, 0.05) is 5.56 Å². The minimum Gasteiger partial charge on any atom is -0.497 e. The molecule has 1 unspecified atom stereocenters. The van der Waals surface area contributed by atoms with Crippen molar-refractivity contribution in [1.82, 2.24) is 0 Å². The van der Waals surface area contributed by atoms with Crippen LogP contribution in [0.1, 0.15) is 81.9 Å². The minimum atomic E-state index is -0.271. The molecule has 0 saturated heterocycles. The Morgan fingerprint density at radius 3 is 2.54 bits per heavy atom. The molecule has 0 aliphatic heterocycles. The van der Waals surface area contributed by atoms with Crippen molar-refractivity contribution in [3.63, 3.8) is 0 Å². The van der Waals surface area contributed by atoms with Gasteiger partial charge in [0.25, 0.3) is 0 Å². The van der Waals surface area contributed by atoms with E-state index in [1.807, 2.05) is 31.2 Å². The molecule has 0 N–H and O–H groups in total. The van der Waals surface area contributed by atoms with Gasteiger partial charge < -0.3 is 14.2 Å². The molecule has 3 aromatic rings. The van der Waals surface area contributed by atoms with E-state index in [9.17, 15) is 4.79 Å². The van der Waals surface area contributed by atoms with Crippen LogP contribution in [-0.2, 0) is 16.1 Å². The monoisotopic (exact) mass is 556 g/mol. The lowest BCUT2D eigenvalue weighted by atomic mass is 9.79. The largest absolute Gasteiger partial charge is 0.497 e. The Kier molecular flexibility index (Phi) is 8.82. The van der Waals surface area contributed by atoms with Crippen molar-refractivity contribution < 1.29 is 23.4 Å². The Labute approximate surface area is 243 Å². The molecule has 0 radical (unpaired) electrons. The minimum absolute atomic E-state index is 0.00655. The second kappa shape index (κ2) is 12.5. The van der Waals surface area contributed by atoms with Gasteiger partial charge in [0.05, 0.1) is 20.1 Å². The zero-order chi connectivity index (χ0) is 29.0. The number of esters is 1. The third kappa shape index (κ3) is 7.01. The summed E-state index contributed by atoms with van der Waals surface area (Å²) in [4.78, 5) is 12.3. The zero-order valence-corrected chi connectivity index (χ0v) is 24.7. The zero-order valence-electron chi connectivity index (χ0n) is 24.7. The van der Waals surface area contributed by atoms with E-state index in [2.05, 4.69) is 38.1 Å². The van der Waals surface area contributed by atoms with Gasteiger partial charge in [0.1, 0.15) is 23.9 Å². The van der Waals surface area contributed by atoms with E-state index < -0.39 is 0 Å². The van der Waals surface area contributed by atoms with Gasteiger partial charge in [-0.3, -0.25) is 4.79 Å². The van der Waals surface area contributed by atoms with Crippen LogP contribution in [0.25, 0.3) is 16.7 Å². The Bertz CT molecular complexity index is 1420. The second-order valence-corrected chi connectivity index (χ2v) is 12.0. The van der Waals surface area contributed by atoms with Crippen LogP contribution >= 0.6 is 0 Å². The number of methoxy groups -OCH3 is 1. The highest BCUT2D eigenvalue weighted by atomic mass is 19.1. The average Bonchev–Trinajstić information content (AvgIpc) is 3.71. The summed E-state index contributed by atoms with van der Waals surface area (Å²) in [5.41, 5.74) is 5.79. The third-order valence-corrected chi connectivity index (χ3v) is 8.45. The van der Waals surface area contributed by atoms with E-state index in [-0.39, 0.29) is 23.1 Å². The van der Waals surface area contributed by atoms with Gasteiger partial charge in [-0.1, -0.05) is 57.0 Å². The fourth-order valence-electron chi connectivity index (χ4n) is 5.98. The third-order valence-electron chi connectivity index (χ3n) is 8.45. The van der Waals surface area contributed by atoms with Crippen molar-refractivity contribution in [2.24, 2.45) is 11.3 Å². The number of hydrogen-bond donors (Lipinski definition) is 0. The molecular weight excluding hydrogens is 515 g/mol. The summed E-state index contributed by atoms with van der Waals surface area (Å²) < 4.78 is 32.1. The Morgan fingerprint density at radius 2 is 1.83 bits per heavy atom. The summed E-state index contributed by atoms with van der Waals surface area (Å²) in [7, 11) is 1.60. The molecule has 5 heteroatoms. The smallest absolute Gasteiger partial charge is 0.306 e. The van der Waals surface area contributed by atoms with Crippen molar-refractivity contribution in [3.8, 4) is 22.6 Å². The summed E-state index contributed by atoms with van der Waals surface area (Å²) in [5, 5.41) is 0. The molecule has 0 spiro atoms. The number of carbonyl (C=O) groups is 1. The molecule has 4 nitrogen and oxygen atoms in total. The molecule has 3 aromatic carbocycles. The topological polar surface area (TPSA) is 44.8 Å². The number of carbonyl (C=O) groups excluding carboxylic acids is 1. The molecule has 0 amide bonds. The molecule has 0 heterocycles. The summed E-state index contributed by atoms with van der Waals surface area (Å²) >= 11 is 0. The lowest BCUT2D eigenvalue weighted by molar-refractivity contribution is -0.143. The predicted molar refractivity (Wildman–Crippen MR) is 161 cm³/mol. The first-order valence-electron chi connectivity index (χ1n) is 14.8. The molecule has 41 heavy (non-hydrogen) atoms. The Hall–Kier alpha value is -3.60. The second-order valence-electron chi connectivity index (χ2n) is 12.0.